The second-order valence-corrected chi connectivity index (χ2v) is 9.95. The first-order valence-corrected chi connectivity index (χ1v) is 11.6. The van der Waals surface area contributed by atoms with E-state index in [4.69, 9.17) is 11.6 Å². The van der Waals surface area contributed by atoms with Crippen LogP contribution in [-0.2, 0) is 21.2 Å². The van der Waals surface area contributed by atoms with Gasteiger partial charge in [-0.3, -0.25) is 14.6 Å². The SMILES string of the molecule is CC(C)(CCNS(C)(=O)=O)NC(=O)c1cc(NC(=O)Cc2cc(Cl)ccc2O)ccn1. The molecule has 31 heavy (non-hydrogen) atoms. The highest BCUT2D eigenvalue weighted by molar-refractivity contribution is 7.88. The van der Waals surface area contributed by atoms with E-state index in [1.165, 1.54) is 36.5 Å². The predicted molar refractivity (Wildman–Crippen MR) is 119 cm³/mol. The second-order valence-electron chi connectivity index (χ2n) is 7.68. The number of carbonyl (C=O) groups excluding carboxylic acids is 2. The Kier molecular flexibility index (Phi) is 7.99. The molecule has 168 valence electrons. The minimum atomic E-state index is -3.31. The zero-order valence-corrected chi connectivity index (χ0v) is 19.0. The number of nitrogens with one attached hydrogen (secondary N) is 3. The Labute approximate surface area is 186 Å². The number of halogens is 1. The summed E-state index contributed by atoms with van der Waals surface area (Å²) in [6.07, 6.45) is 2.72. The number of aromatic nitrogens is 1. The molecule has 2 aromatic rings. The van der Waals surface area contributed by atoms with Gasteiger partial charge in [0.25, 0.3) is 5.91 Å². The summed E-state index contributed by atoms with van der Waals surface area (Å²) in [7, 11) is -3.31. The van der Waals surface area contributed by atoms with Gasteiger partial charge in [-0.25, -0.2) is 13.1 Å². The summed E-state index contributed by atoms with van der Waals surface area (Å²) in [4.78, 5) is 28.9. The maximum absolute atomic E-state index is 12.6. The monoisotopic (exact) mass is 468 g/mol. The van der Waals surface area contributed by atoms with Gasteiger partial charge in [-0.15, -0.1) is 0 Å². The minimum Gasteiger partial charge on any atom is -0.508 e. The lowest BCUT2D eigenvalue weighted by molar-refractivity contribution is -0.115. The molecule has 1 aromatic carbocycles. The third-order valence-corrected chi connectivity index (χ3v) is 5.20. The van der Waals surface area contributed by atoms with Crippen molar-refractivity contribution in [3.05, 3.63) is 52.8 Å². The van der Waals surface area contributed by atoms with Crippen LogP contribution in [0.1, 0.15) is 36.3 Å². The van der Waals surface area contributed by atoms with Crippen LogP contribution in [0.15, 0.2) is 36.5 Å². The first-order valence-electron chi connectivity index (χ1n) is 9.35. The van der Waals surface area contributed by atoms with Gasteiger partial charge in [-0.05, 0) is 50.6 Å². The van der Waals surface area contributed by atoms with E-state index in [1.54, 1.807) is 13.8 Å². The molecular formula is C20H25ClN4O5S. The fourth-order valence-electron chi connectivity index (χ4n) is 2.69. The first kappa shape index (κ1) is 24.6. The summed E-state index contributed by atoms with van der Waals surface area (Å²) in [6.45, 7) is 3.70. The molecule has 1 aromatic heterocycles. The van der Waals surface area contributed by atoms with Gasteiger partial charge in [0.05, 0.1) is 12.7 Å². The van der Waals surface area contributed by atoms with Gasteiger partial charge in [-0.1, -0.05) is 11.6 Å². The van der Waals surface area contributed by atoms with E-state index in [0.29, 0.717) is 22.7 Å². The molecule has 0 unspecified atom stereocenters. The zero-order valence-electron chi connectivity index (χ0n) is 17.4. The smallest absolute Gasteiger partial charge is 0.270 e. The van der Waals surface area contributed by atoms with Gasteiger partial charge >= 0.3 is 0 Å². The first-order chi connectivity index (χ1) is 14.3. The number of hydrogen-bond acceptors (Lipinski definition) is 6. The van der Waals surface area contributed by atoms with Crippen molar-refractivity contribution in [2.24, 2.45) is 0 Å². The lowest BCUT2D eigenvalue weighted by Gasteiger charge is -2.26. The fraction of sp³-hybridized carbons (Fsp3) is 0.350. The molecule has 0 aliphatic carbocycles. The third kappa shape index (κ3) is 8.52. The van der Waals surface area contributed by atoms with Crippen molar-refractivity contribution in [3.8, 4) is 5.75 Å². The second kappa shape index (κ2) is 10.1. The summed E-state index contributed by atoms with van der Waals surface area (Å²) < 4.78 is 24.7. The van der Waals surface area contributed by atoms with E-state index in [9.17, 15) is 23.1 Å². The molecule has 0 aliphatic heterocycles. The number of amides is 2. The number of carbonyl (C=O) groups is 2. The number of phenolic OH excluding ortho intramolecular Hbond substituents is 1. The highest BCUT2D eigenvalue weighted by Gasteiger charge is 2.22. The Bertz CT molecular complexity index is 1070. The van der Waals surface area contributed by atoms with E-state index in [2.05, 4.69) is 20.3 Å². The highest BCUT2D eigenvalue weighted by atomic mass is 35.5. The van der Waals surface area contributed by atoms with Crippen LogP contribution in [0, 0.1) is 0 Å². The molecular weight excluding hydrogens is 444 g/mol. The average Bonchev–Trinajstić information content (AvgIpc) is 2.63. The van der Waals surface area contributed by atoms with E-state index < -0.39 is 27.4 Å². The molecule has 2 rings (SSSR count). The van der Waals surface area contributed by atoms with E-state index in [0.717, 1.165) is 6.26 Å². The molecule has 0 spiro atoms. The van der Waals surface area contributed by atoms with Crippen molar-refractivity contribution in [3.63, 3.8) is 0 Å². The van der Waals surface area contributed by atoms with Gasteiger partial charge in [-0.2, -0.15) is 0 Å². The molecule has 0 aliphatic rings. The standard InChI is InChI=1S/C20H25ClN4O5S/c1-20(2,7-9-23-31(3,29)30)25-19(28)16-12-15(6-8-22-16)24-18(27)11-13-10-14(21)4-5-17(13)26/h4-6,8,10,12,23,26H,7,9,11H2,1-3H3,(H,25,28)(H,22,24,27). The number of anilines is 1. The molecule has 0 radical (unpaired) electrons. The molecule has 2 amide bonds. The number of sulfonamides is 1. The average molecular weight is 469 g/mol. The Balaban J connectivity index is 1.99. The van der Waals surface area contributed by atoms with Gasteiger partial charge in [0.1, 0.15) is 11.4 Å². The topological polar surface area (TPSA) is 137 Å². The Morgan fingerprint density at radius 3 is 2.58 bits per heavy atom. The molecule has 0 saturated heterocycles. The minimum absolute atomic E-state index is 0.0399. The van der Waals surface area contributed by atoms with Gasteiger partial charge in [0.2, 0.25) is 15.9 Å². The summed E-state index contributed by atoms with van der Waals surface area (Å²) >= 11 is 5.89. The summed E-state index contributed by atoms with van der Waals surface area (Å²) in [5, 5.41) is 15.7. The number of benzene rings is 1. The fourth-order valence-corrected chi connectivity index (χ4v) is 3.36. The van der Waals surface area contributed by atoms with Crippen molar-refractivity contribution in [1.29, 1.82) is 0 Å². The van der Waals surface area contributed by atoms with Crippen LogP contribution in [0.3, 0.4) is 0 Å². The van der Waals surface area contributed by atoms with Crippen LogP contribution >= 0.6 is 11.6 Å². The zero-order chi connectivity index (χ0) is 23.2. The van der Waals surface area contributed by atoms with Crippen molar-refractivity contribution < 1.29 is 23.1 Å². The van der Waals surface area contributed by atoms with Crippen LogP contribution in [0.4, 0.5) is 5.69 Å². The maximum atomic E-state index is 12.6. The van der Waals surface area contributed by atoms with Crippen molar-refractivity contribution >= 4 is 39.1 Å². The lowest BCUT2D eigenvalue weighted by Crippen LogP contribution is -2.45. The summed E-state index contributed by atoms with van der Waals surface area (Å²) in [5.74, 6) is -0.905. The van der Waals surface area contributed by atoms with Crippen molar-refractivity contribution in [1.82, 2.24) is 15.0 Å². The molecule has 0 fully saturated rings. The van der Waals surface area contributed by atoms with Crippen molar-refractivity contribution in [2.75, 3.05) is 18.1 Å². The van der Waals surface area contributed by atoms with Crippen molar-refractivity contribution in [2.45, 2.75) is 32.2 Å². The Morgan fingerprint density at radius 2 is 1.90 bits per heavy atom. The van der Waals surface area contributed by atoms with E-state index in [1.807, 2.05) is 0 Å². The quantitative estimate of drug-likeness (QED) is 0.444. The Hall–Kier alpha value is -2.69. The predicted octanol–water partition coefficient (Wildman–Crippen LogP) is 2.07. The largest absolute Gasteiger partial charge is 0.508 e. The van der Waals surface area contributed by atoms with E-state index >= 15 is 0 Å². The molecule has 9 nitrogen and oxygen atoms in total. The molecule has 0 bridgehead atoms. The molecule has 11 heteroatoms. The van der Waals surface area contributed by atoms with E-state index in [-0.39, 0.29) is 24.4 Å². The highest BCUT2D eigenvalue weighted by Crippen LogP contribution is 2.22. The van der Waals surface area contributed by atoms with Crippen LogP contribution < -0.4 is 15.4 Å². The third-order valence-electron chi connectivity index (χ3n) is 4.24. The van der Waals surface area contributed by atoms with Gasteiger partial charge in [0, 0.05) is 34.6 Å². The number of nitrogens with zero attached hydrogens (tertiary/aromatic N) is 1. The van der Waals surface area contributed by atoms with Gasteiger partial charge < -0.3 is 15.7 Å². The normalized spacial score (nSPS) is 11.7. The van der Waals surface area contributed by atoms with Crippen LogP contribution in [0.5, 0.6) is 5.75 Å². The maximum Gasteiger partial charge on any atom is 0.270 e. The number of phenols is 1. The van der Waals surface area contributed by atoms with Crippen LogP contribution in [0.25, 0.3) is 0 Å². The number of pyridine rings is 1. The van der Waals surface area contributed by atoms with Gasteiger partial charge in [0.15, 0.2) is 0 Å². The molecule has 1 heterocycles. The number of rotatable bonds is 9. The summed E-state index contributed by atoms with van der Waals surface area (Å²) in [5.41, 5.74) is 0.136. The number of hydrogen-bond donors (Lipinski definition) is 4. The molecule has 4 N–H and O–H groups in total. The molecule has 0 atom stereocenters. The lowest BCUT2D eigenvalue weighted by atomic mass is 10.0. The Morgan fingerprint density at radius 1 is 1.19 bits per heavy atom. The number of aromatic hydroxyl groups is 1. The molecule has 0 saturated carbocycles. The van der Waals surface area contributed by atoms with Crippen LogP contribution in [0.2, 0.25) is 5.02 Å². The van der Waals surface area contributed by atoms with Crippen LogP contribution in [-0.4, -0.2) is 48.7 Å². The summed E-state index contributed by atoms with van der Waals surface area (Å²) in [6, 6.07) is 7.39.